The topological polar surface area (TPSA) is 69.2 Å². The summed E-state index contributed by atoms with van der Waals surface area (Å²) >= 11 is 0. The summed E-state index contributed by atoms with van der Waals surface area (Å²) in [7, 11) is 0. The minimum atomic E-state index is -0.212. The molecule has 0 saturated heterocycles. The van der Waals surface area contributed by atoms with Crippen LogP contribution in [0.5, 0.6) is 0 Å². The SMILES string of the molecule is C=CCNc1nc(NCC=C)nc(N(CC)CCN(CC)Cc2ccc(F)cc2)n1. The number of halogens is 1. The van der Waals surface area contributed by atoms with Crippen molar-refractivity contribution >= 4 is 17.8 Å². The number of likely N-dealkylation sites (N-methyl/N-ethyl adjacent to an activating group) is 2. The maximum atomic E-state index is 13.2. The van der Waals surface area contributed by atoms with Gasteiger partial charge in [-0.1, -0.05) is 31.2 Å². The smallest absolute Gasteiger partial charge is 0.231 e. The van der Waals surface area contributed by atoms with Crippen molar-refractivity contribution in [2.75, 3.05) is 54.8 Å². The van der Waals surface area contributed by atoms with Crippen LogP contribution in [0.4, 0.5) is 22.2 Å². The molecule has 2 aromatic rings. The predicted octanol–water partition coefficient (Wildman–Crippen LogP) is 3.55. The van der Waals surface area contributed by atoms with Crippen LogP contribution in [-0.2, 0) is 6.54 Å². The molecule has 0 aliphatic carbocycles. The summed E-state index contributed by atoms with van der Waals surface area (Å²) in [5.41, 5.74) is 1.09. The molecule has 0 atom stereocenters. The molecule has 0 amide bonds. The van der Waals surface area contributed by atoms with Crippen molar-refractivity contribution in [1.29, 1.82) is 0 Å². The highest BCUT2D eigenvalue weighted by molar-refractivity contribution is 5.44. The van der Waals surface area contributed by atoms with Crippen molar-refractivity contribution in [3.8, 4) is 0 Å². The van der Waals surface area contributed by atoms with Crippen LogP contribution < -0.4 is 15.5 Å². The number of benzene rings is 1. The lowest BCUT2D eigenvalue weighted by Crippen LogP contribution is -2.36. The molecule has 0 radical (unpaired) electrons. The standard InChI is InChI=1S/C22H32FN7/c1-5-13-24-20-26-21(25-14-6-2)28-22(27-20)30(8-4)16-15-29(7-3)17-18-9-11-19(23)12-10-18/h5-6,9-12H,1-2,7-8,13-17H2,3-4H3,(H2,24,25,26,27,28). The Morgan fingerprint density at radius 1 is 0.900 bits per heavy atom. The molecule has 0 fully saturated rings. The van der Waals surface area contributed by atoms with Crippen LogP contribution in [0, 0.1) is 5.82 Å². The molecular formula is C22H32FN7. The van der Waals surface area contributed by atoms with E-state index in [0.29, 0.717) is 30.9 Å². The van der Waals surface area contributed by atoms with Gasteiger partial charge in [0.15, 0.2) is 0 Å². The minimum Gasteiger partial charge on any atom is -0.351 e. The van der Waals surface area contributed by atoms with Gasteiger partial charge >= 0.3 is 0 Å². The third-order valence-electron chi connectivity index (χ3n) is 4.55. The van der Waals surface area contributed by atoms with Gasteiger partial charge in [0.1, 0.15) is 5.82 Å². The largest absolute Gasteiger partial charge is 0.351 e. The zero-order valence-corrected chi connectivity index (χ0v) is 17.9. The third-order valence-corrected chi connectivity index (χ3v) is 4.55. The first kappa shape index (κ1) is 23.3. The molecule has 1 heterocycles. The molecule has 0 unspecified atom stereocenters. The predicted molar refractivity (Wildman–Crippen MR) is 122 cm³/mol. The summed E-state index contributed by atoms with van der Waals surface area (Å²) in [6, 6.07) is 6.66. The van der Waals surface area contributed by atoms with E-state index >= 15 is 0 Å². The molecule has 1 aromatic heterocycles. The van der Waals surface area contributed by atoms with Gasteiger partial charge in [0, 0.05) is 39.3 Å². The lowest BCUT2D eigenvalue weighted by atomic mass is 10.2. The second kappa shape index (κ2) is 12.5. The molecule has 2 rings (SSSR count). The molecule has 0 bridgehead atoms. The van der Waals surface area contributed by atoms with Gasteiger partial charge in [-0.25, -0.2) is 4.39 Å². The summed E-state index contributed by atoms with van der Waals surface area (Å²) in [4.78, 5) is 18.0. The van der Waals surface area contributed by atoms with Crippen molar-refractivity contribution in [1.82, 2.24) is 19.9 Å². The Labute approximate surface area is 178 Å². The Kier molecular flexibility index (Phi) is 9.73. The average Bonchev–Trinajstić information content (AvgIpc) is 2.77. The summed E-state index contributed by atoms with van der Waals surface area (Å²) in [5, 5.41) is 6.26. The first-order valence-corrected chi connectivity index (χ1v) is 10.3. The average molecular weight is 414 g/mol. The van der Waals surface area contributed by atoms with Gasteiger partial charge in [0.05, 0.1) is 0 Å². The molecule has 0 saturated carbocycles. The van der Waals surface area contributed by atoms with Crippen molar-refractivity contribution in [2.45, 2.75) is 20.4 Å². The van der Waals surface area contributed by atoms with Gasteiger partial charge in [0.2, 0.25) is 17.8 Å². The van der Waals surface area contributed by atoms with Crippen LogP contribution in [0.1, 0.15) is 19.4 Å². The van der Waals surface area contributed by atoms with Crippen LogP contribution >= 0.6 is 0 Å². The number of aromatic nitrogens is 3. The number of hydrogen-bond donors (Lipinski definition) is 2. The van der Waals surface area contributed by atoms with Crippen molar-refractivity contribution in [2.24, 2.45) is 0 Å². The molecule has 2 N–H and O–H groups in total. The molecule has 162 valence electrons. The van der Waals surface area contributed by atoms with E-state index < -0.39 is 0 Å². The molecule has 0 spiro atoms. The molecule has 8 heteroatoms. The van der Waals surface area contributed by atoms with E-state index in [1.165, 1.54) is 12.1 Å². The number of rotatable bonds is 14. The molecule has 7 nitrogen and oxygen atoms in total. The van der Waals surface area contributed by atoms with Crippen molar-refractivity contribution in [3.05, 3.63) is 61.0 Å². The molecule has 1 aromatic carbocycles. The number of anilines is 3. The van der Waals surface area contributed by atoms with Gasteiger partial charge in [-0.05, 0) is 31.2 Å². The van der Waals surface area contributed by atoms with Crippen LogP contribution in [0.3, 0.4) is 0 Å². The maximum Gasteiger partial charge on any atom is 0.231 e. The number of nitrogens with one attached hydrogen (secondary N) is 2. The Morgan fingerprint density at radius 3 is 2.00 bits per heavy atom. The van der Waals surface area contributed by atoms with Gasteiger partial charge in [-0.15, -0.1) is 13.2 Å². The second-order valence-electron chi connectivity index (χ2n) is 6.70. The Morgan fingerprint density at radius 2 is 1.50 bits per heavy atom. The van der Waals surface area contributed by atoms with Crippen molar-refractivity contribution < 1.29 is 4.39 Å². The van der Waals surface area contributed by atoms with E-state index in [2.05, 4.69) is 62.4 Å². The van der Waals surface area contributed by atoms with E-state index in [1.54, 1.807) is 12.2 Å². The summed E-state index contributed by atoms with van der Waals surface area (Å²) < 4.78 is 13.2. The van der Waals surface area contributed by atoms with Crippen molar-refractivity contribution in [3.63, 3.8) is 0 Å². The fraction of sp³-hybridized carbons (Fsp3) is 0.409. The zero-order valence-electron chi connectivity index (χ0n) is 17.9. The fourth-order valence-corrected chi connectivity index (χ4v) is 2.85. The van der Waals surface area contributed by atoms with E-state index in [-0.39, 0.29) is 5.82 Å². The molecule has 30 heavy (non-hydrogen) atoms. The highest BCUT2D eigenvalue weighted by Gasteiger charge is 2.14. The Hall–Kier alpha value is -3.00. The highest BCUT2D eigenvalue weighted by atomic mass is 19.1. The fourth-order valence-electron chi connectivity index (χ4n) is 2.85. The van der Waals surface area contributed by atoms with Gasteiger partial charge in [0.25, 0.3) is 0 Å². The van der Waals surface area contributed by atoms with Crippen LogP contribution in [0.25, 0.3) is 0 Å². The highest BCUT2D eigenvalue weighted by Crippen LogP contribution is 2.14. The molecule has 0 aliphatic rings. The molecular weight excluding hydrogens is 381 g/mol. The monoisotopic (exact) mass is 413 g/mol. The third kappa shape index (κ3) is 7.44. The summed E-state index contributed by atoms with van der Waals surface area (Å²) in [6.07, 6.45) is 3.51. The lowest BCUT2D eigenvalue weighted by Gasteiger charge is -2.26. The summed E-state index contributed by atoms with van der Waals surface area (Å²) in [6.45, 7) is 16.8. The van der Waals surface area contributed by atoms with Gasteiger partial charge in [-0.2, -0.15) is 15.0 Å². The number of nitrogens with zero attached hydrogens (tertiary/aromatic N) is 5. The van der Waals surface area contributed by atoms with E-state index in [4.69, 9.17) is 0 Å². The van der Waals surface area contributed by atoms with Crippen LogP contribution in [0.15, 0.2) is 49.6 Å². The summed E-state index contributed by atoms with van der Waals surface area (Å²) in [5.74, 6) is 1.41. The Balaban J connectivity index is 2.09. The lowest BCUT2D eigenvalue weighted by molar-refractivity contribution is 0.285. The van der Waals surface area contributed by atoms with Crippen LogP contribution in [0.2, 0.25) is 0 Å². The maximum absolute atomic E-state index is 13.2. The van der Waals surface area contributed by atoms with Crippen LogP contribution in [-0.4, -0.2) is 59.1 Å². The quantitative estimate of drug-likeness (QED) is 0.459. The first-order chi connectivity index (χ1) is 14.6. The normalized spacial score (nSPS) is 10.7. The van der Waals surface area contributed by atoms with Gasteiger partial charge < -0.3 is 15.5 Å². The van der Waals surface area contributed by atoms with E-state index in [1.807, 2.05) is 12.1 Å². The van der Waals surface area contributed by atoms with Gasteiger partial charge in [-0.3, -0.25) is 4.90 Å². The number of hydrogen-bond acceptors (Lipinski definition) is 7. The zero-order chi connectivity index (χ0) is 21.8. The van der Waals surface area contributed by atoms with E-state index in [9.17, 15) is 4.39 Å². The molecule has 0 aliphatic heterocycles. The first-order valence-electron chi connectivity index (χ1n) is 10.3. The Bertz CT molecular complexity index is 764. The van der Waals surface area contributed by atoms with E-state index in [0.717, 1.165) is 38.3 Å². The second-order valence-corrected chi connectivity index (χ2v) is 6.70. The minimum absolute atomic E-state index is 0.212.